The first-order valence-electron chi connectivity index (χ1n) is 7.42. The minimum absolute atomic E-state index is 0.173. The van der Waals surface area contributed by atoms with Crippen molar-refractivity contribution in [2.75, 3.05) is 6.54 Å². The number of ether oxygens (including phenoxy) is 2. The second-order valence-corrected chi connectivity index (χ2v) is 5.33. The molecule has 0 spiro atoms. The topological polar surface area (TPSA) is 55.8 Å². The molecular weight excluding hydrogens is 294 g/mol. The lowest BCUT2D eigenvalue weighted by atomic mass is 10.2. The molecule has 5 heteroatoms. The Bertz CT molecular complexity index is 672. The van der Waals surface area contributed by atoms with E-state index in [9.17, 15) is 9.59 Å². The lowest BCUT2D eigenvalue weighted by Crippen LogP contribution is -2.29. The third kappa shape index (κ3) is 3.88. The Morgan fingerprint density at radius 3 is 2.30 bits per heavy atom. The van der Waals surface area contributed by atoms with E-state index in [-0.39, 0.29) is 13.2 Å². The van der Waals surface area contributed by atoms with Crippen molar-refractivity contribution < 1.29 is 19.1 Å². The number of hydrogen-bond donors (Lipinski definition) is 0. The molecule has 1 saturated heterocycles. The van der Waals surface area contributed by atoms with Gasteiger partial charge >= 0.3 is 12.1 Å². The van der Waals surface area contributed by atoms with Gasteiger partial charge in [0.05, 0.1) is 6.54 Å². The number of benzene rings is 2. The Morgan fingerprint density at radius 2 is 1.65 bits per heavy atom. The van der Waals surface area contributed by atoms with Gasteiger partial charge in [0.1, 0.15) is 6.61 Å². The number of amides is 1. The second-order valence-electron chi connectivity index (χ2n) is 5.33. The summed E-state index contributed by atoms with van der Waals surface area (Å²) in [5.41, 5.74) is 1.88. The minimum Gasteiger partial charge on any atom is -0.458 e. The van der Waals surface area contributed by atoms with Gasteiger partial charge in [-0.05, 0) is 11.1 Å². The molecule has 3 rings (SSSR count). The minimum atomic E-state index is -0.866. The Hall–Kier alpha value is -2.82. The van der Waals surface area contributed by atoms with E-state index in [4.69, 9.17) is 9.47 Å². The molecule has 23 heavy (non-hydrogen) atoms. The molecular formula is C18H17NO4. The first-order valence-corrected chi connectivity index (χ1v) is 7.42. The third-order valence-electron chi connectivity index (χ3n) is 3.59. The molecule has 1 amide bonds. The van der Waals surface area contributed by atoms with Crippen LogP contribution in [-0.4, -0.2) is 29.6 Å². The van der Waals surface area contributed by atoms with E-state index in [1.807, 2.05) is 60.7 Å². The average molecular weight is 311 g/mol. The van der Waals surface area contributed by atoms with Crippen molar-refractivity contribution in [2.45, 2.75) is 19.3 Å². The van der Waals surface area contributed by atoms with Crippen LogP contribution in [0.4, 0.5) is 4.79 Å². The van der Waals surface area contributed by atoms with Crippen LogP contribution in [0.25, 0.3) is 0 Å². The second kappa shape index (κ2) is 6.96. The number of rotatable bonds is 5. The number of hydrogen-bond acceptors (Lipinski definition) is 4. The van der Waals surface area contributed by atoms with E-state index in [0.29, 0.717) is 6.54 Å². The summed E-state index contributed by atoms with van der Waals surface area (Å²) in [6.07, 6.45) is -1.36. The number of carbonyl (C=O) groups is 2. The predicted molar refractivity (Wildman–Crippen MR) is 83.4 cm³/mol. The molecule has 0 aromatic heterocycles. The highest BCUT2D eigenvalue weighted by atomic mass is 16.6. The summed E-state index contributed by atoms with van der Waals surface area (Å²) in [5.74, 6) is -0.516. The molecule has 1 aliphatic heterocycles. The van der Waals surface area contributed by atoms with Gasteiger partial charge in [-0.2, -0.15) is 0 Å². The smallest absolute Gasteiger partial charge is 0.411 e. The van der Waals surface area contributed by atoms with Crippen LogP contribution in [0.15, 0.2) is 60.7 Å². The fraction of sp³-hybridized carbons (Fsp3) is 0.222. The van der Waals surface area contributed by atoms with Gasteiger partial charge < -0.3 is 9.47 Å². The molecule has 118 valence electrons. The lowest BCUT2D eigenvalue weighted by molar-refractivity contribution is -0.153. The van der Waals surface area contributed by atoms with Gasteiger partial charge in [0.15, 0.2) is 0 Å². The molecule has 0 N–H and O–H groups in total. The normalized spacial score (nSPS) is 17.0. The maximum atomic E-state index is 12.0. The van der Waals surface area contributed by atoms with Gasteiger partial charge in [-0.3, -0.25) is 4.90 Å². The molecule has 5 nitrogen and oxygen atoms in total. The highest BCUT2D eigenvalue weighted by Crippen LogP contribution is 2.16. The van der Waals surface area contributed by atoms with Crippen molar-refractivity contribution in [1.29, 1.82) is 0 Å². The fourth-order valence-corrected chi connectivity index (χ4v) is 2.39. The van der Waals surface area contributed by atoms with E-state index in [1.165, 1.54) is 4.90 Å². The largest absolute Gasteiger partial charge is 0.458 e. The summed E-state index contributed by atoms with van der Waals surface area (Å²) in [6, 6.07) is 19.0. The lowest BCUT2D eigenvalue weighted by Gasteiger charge is -2.12. The quantitative estimate of drug-likeness (QED) is 0.797. The summed E-state index contributed by atoms with van der Waals surface area (Å²) in [7, 11) is 0. The highest BCUT2D eigenvalue weighted by molar-refractivity contribution is 5.82. The molecule has 0 bridgehead atoms. The van der Waals surface area contributed by atoms with E-state index in [2.05, 4.69) is 0 Å². The Morgan fingerprint density at radius 1 is 1.04 bits per heavy atom. The Balaban J connectivity index is 1.53. The van der Waals surface area contributed by atoms with Crippen LogP contribution in [0.2, 0.25) is 0 Å². The summed E-state index contributed by atoms with van der Waals surface area (Å²) >= 11 is 0. The van der Waals surface area contributed by atoms with Crippen molar-refractivity contribution in [1.82, 2.24) is 4.90 Å². The molecule has 2 aromatic carbocycles. The molecule has 0 saturated carbocycles. The van der Waals surface area contributed by atoms with Crippen molar-refractivity contribution >= 4 is 12.1 Å². The van der Waals surface area contributed by atoms with Crippen LogP contribution < -0.4 is 0 Å². The standard InChI is InChI=1S/C18H17NO4/c20-17(22-13-15-9-5-2-6-10-15)16-12-19(18(21)23-16)11-14-7-3-1-4-8-14/h1-10,16H,11-13H2. The molecule has 1 unspecified atom stereocenters. The van der Waals surface area contributed by atoms with Crippen LogP contribution in [0.5, 0.6) is 0 Å². The number of esters is 1. The number of cyclic esters (lactones) is 1. The first kappa shape index (κ1) is 15.1. The van der Waals surface area contributed by atoms with Crippen LogP contribution in [0, 0.1) is 0 Å². The van der Waals surface area contributed by atoms with Crippen molar-refractivity contribution in [3.63, 3.8) is 0 Å². The SMILES string of the molecule is O=C(OCc1ccccc1)C1CN(Cc2ccccc2)C(=O)O1. The summed E-state index contributed by atoms with van der Waals surface area (Å²) in [5, 5.41) is 0. The highest BCUT2D eigenvalue weighted by Gasteiger charge is 2.37. The zero-order valence-electron chi connectivity index (χ0n) is 12.6. The Labute approximate surface area is 134 Å². The van der Waals surface area contributed by atoms with Crippen LogP contribution >= 0.6 is 0 Å². The third-order valence-corrected chi connectivity index (χ3v) is 3.59. The molecule has 2 aromatic rings. The maximum Gasteiger partial charge on any atom is 0.411 e. The van der Waals surface area contributed by atoms with Crippen LogP contribution in [0.3, 0.4) is 0 Å². The summed E-state index contributed by atoms with van der Waals surface area (Å²) < 4.78 is 10.3. The number of nitrogens with zero attached hydrogens (tertiary/aromatic N) is 1. The average Bonchev–Trinajstić information content (AvgIpc) is 2.95. The van der Waals surface area contributed by atoms with Gasteiger partial charge in [-0.15, -0.1) is 0 Å². The van der Waals surface area contributed by atoms with Crippen molar-refractivity contribution in [2.24, 2.45) is 0 Å². The van der Waals surface area contributed by atoms with Gasteiger partial charge in [0, 0.05) is 6.54 Å². The zero-order chi connectivity index (χ0) is 16.1. The van der Waals surface area contributed by atoms with E-state index >= 15 is 0 Å². The van der Waals surface area contributed by atoms with Crippen molar-refractivity contribution in [3.8, 4) is 0 Å². The monoisotopic (exact) mass is 311 g/mol. The number of carbonyl (C=O) groups excluding carboxylic acids is 2. The fourth-order valence-electron chi connectivity index (χ4n) is 2.39. The van der Waals surface area contributed by atoms with Crippen molar-refractivity contribution in [3.05, 3.63) is 71.8 Å². The van der Waals surface area contributed by atoms with Gasteiger partial charge in [-0.25, -0.2) is 9.59 Å². The van der Waals surface area contributed by atoms with Gasteiger partial charge in [0.25, 0.3) is 0 Å². The summed E-state index contributed by atoms with van der Waals surface area (Å²) in [4.78, 5) is 25.4. The Kier molecular flexibility index (Phi) is 4.57. The molecule has 1 heterocycles. The maximum absolute atomic E-state index is 12.0. The van der Waals surface area contributed by atoms with Crippen LogP contribution in [-0.2, 0) is 27.4 Å². The van der Waals surface area contributed by atoms with E-state index in [0.717, 1.165) is 11.1 Å². The molecule has 0 aliphatic carbocycles. The first-order chi connectivity index (χ1) is 11.2. The molecule has 1 fully saturated rings. The van der Waals surface area contributed by atoms with E-state index in [1.54, 1.807) is 0 Å². The molecule has 1 aliphatic rings. The zero-order valence-corrected chi connectivity index (χ0v) is 12.6. The predicted octanol–water partition coefficient (Wildman–Crippen LogP) is 2.75. The van der Waals surface area contributed by atoms with Gasteiger partial charge in [0.2, 0.25) is 6.10 Å². The summed E-state index contributed by atoms with van der Waals surface area (Å²) in [6.45, 7) is 0.801. The van der Waals surface area contributed by atoms with Crippen LogP contribution in [0.1, 0.15) is 11.1 Å². The van der Waals surface area contributed by atoms with Gasteiger partial charge in [-0.1, -0.05) is 60.7 Å². The molecule has 1 atom stereocenters. The van der Waals surface area contributed by atoms with E-state index < -0.39 is 18.2 Å². The molecule has 0 radical (unpaired) electrons.